The van der Waals surface area contributed by atoms with E-state index in [2.05, 4.69) is 34.7 Å². The van der Waals surface area contributed by atoms with Crippen LogP contribution in [0.5, 0.6) is 0 Å². The predicted octanol–water partition coefficient (Wildman–Crippen LogP) is 5.62. The Balaban J connectivity index is 1.25. The second kappa shape index (κ2) is 11.1. The first-order valence-corrected chi connectivity index (χ1v) is 14.1. The van der Waals surface area contributed by atoms with E-state index in [4.69, 9.17) is 9.72 Å². The number of rotatable bonds is 8. The average Bonchev–Trinajstić information content (AvgIpc) is 3.32. The van der Waals surface area contributed by atoms with Gasteiger partial charge >= 0.3 is 6.09 Å². The van der Waals surface area contributed by atoms with Gasteiger partial charge in [-0.15, -0.1) is 0 Å². The fourth-order valence-electron chi connectivity index (χ4n) is 4.36. The van der Waals surface area contributed by atoms with Crippen LogP contribution >= 0.6 is 0 Å². The molecule has 0 fully saturated rings. The van der Waals surface area contributed by atoms with Crippen molar-refractivity contribution in [1.82, 2.24) is 19.3 Å². The van der Waals surface area contributed by atoms with E-state index in [9.17, 15) is 13.2 Å². The third-order valence-corrected chi connectivity index (χ3v) is 7.73. The lowest BCUT2D eigenvalue weighted by atomic mass is 10.1. The Kier molecular flexibility index (Phi) is 7.42. The molecule has 0 radical (unpaired) electrons. The molecule has 1 amide bonds. The largest absolute Gasteiger partial charge is 0.448 e. The van der Waals surface area contributed by atoms with Crippen LogP contribution in [0, 0.1) is 6.92 Å². The first-order valence-electron chi connectivity index (χ1n) is 12.6. The van der Waals surface area contributed by atoms with Crippen LogP contribution in [-0.2, 0) is 27.6 Å². The minimum Gasteiger partial charge on any atom is -0.448 e. The number of nitrogens with zero attached hydrogens (tertiary/aromatic N) is 3. The van der Waals surface area contributed by atoms with Crippen molar-refractivity contribution in [2.75, 3.05) is 6.61 Å². The number of fused-ring (bicyclic) bond motifs is 1. The lowest BCUT2D eigenvalue weighted by Crippen LogP contribution is -2.31. The number of imidazole rings is 1. The Morgan fingerprint density at radius 3 is 2.44 bits per heavy atom. The number of aromatic nitrogens is 3. The number of ether oxygens (including phenoxy) is 1. The summed E-state index contributed by atoms with van der Waals surface area (Å²) in [7, 11) is -3.98. The first-order chi connectivity index (χ1) is 18.8. The van der Waals surface area contributed by atoms with Gasteiger partial charge in [-0.25, -0.2) is 22.9 Å². The highest BCUT2D eigenvalue weighted by Gasteiger charge is 2.18. The molecule has 0 bridgehead atoms. The molecule has 9 heteroatoms. The van der Waals surface area contributed by atoms with Gasteiger partial charge < -0.3 is 4.74 Å². The zero-order valence-electron chi connectivity index (χ0n) is 21.7. The molecule has 198 valence electrons. The van der Waals surface area contributed by atoms with Crippen LogP contribution in [0.2, 0.25) is 0 Å². The molecular weight excluding hydrogens is 512 g/mol. The second-order valence-electron chi connectivity index (χ2n) is 9.13. The Morgan fingerprint density at radius 1 is 0.974 bits per heavy atom. The zero-order valence-corrected chi connectivity index (χ0v) is 22.5. The zero-order chi connectivity index (χ0) is 27.4. The van der Waals surface area contributed by atoms with E-state index in [-0.39, 0.29) is 11.5 Å². The third kappa shape index (κ3) is 5.83. The first kappa shape index (κ1) is 26.1. The molecule has 8 nitrogen and oxygen atoms in total. The molecular formula is C30H28N4O4S. The van der Waals surface area contributed by atoms with E-state index in [0.717, 1.165) is 51.2 Å². The van der Waals surface area contributed by atoms with Gasteiger partial charge in [-0.1, -0.05) is 48.9 Å². The summed E-state index contributed by atoms with van der Waals surface area (Å²) in [6.45, 7) is 3.97. The van der Waals surface area contributed by atoms with Crippen LogP contribution in [0.4, 0.5) is 4.79 Å². The van der Waals surface area contributed by atoms with Crippen molar-refractivity contribution in [2.24, 2.45) is 0 Å². The van der Waals surface area contributed by atoms with Gasteiger partial charge in [0, 0.05) is 36.5 Å². The van der Waals surface area contributed by atoms with Crippen molar-refractivity contribution in [2.45, 2.75) is 31.6 Å². The third-order valence-electron chi connectivity index (χ3n) is 6.40. The molecule has 1 N–H and O–H groups in total. The topological polar surface area (TPSA) is 103 Å². The fraction of sp³-hybridized carbons (Fsp3) is 0.167. The summed E-state index contributed by atoms with van der Waals surface area (Å²) < 4.78 is 33.9. The van der Waals surface area contributed by atoms with Crippen LogP contribution in [0.25, 0.3) is 27.8 Å². The number of pyridine rings is 1. The standard InChI is InChI=1S/C30H28N4O4S/c1-3-29-32-27-19-23(24-5-4-17-31-20-24)10-15-28(27)34(29)25-11-8-22(9-12-25)16-18-38-30(35)33-39(36,37)26-13-6-21(2)7-14-26/h4-15,17,19-20H,3,16,18H2,1-2H3,(H,33,35). The monoisotopic (exact) mass is 540 g/mol. The number of carbonyl (C=O) groups excluding carboxylic acids is 1. The summed E-state index contributed by atoms with van der Waals surface area (Å²) in [5, 5.41) is 0. The number of sulfonamides is 1. The van der Waals surface area contributed by atoms with E-state index in [0.29, 0.717) is 6.42 Å². The van der Waals surface area contributed by atoms with Gasteiger partial charge in [-0.05, 0) is 60.5 Å². The summed E-state index contributed by atoms with van der Waals surface area (Å²) in [6, 6.07) is 24.4. The van der Waals surface area contributed by atoms with E-state index in [1.54, 1.807) is 18.3 Å². The molecule has 0 spiro atoms. The molecule has 3 aromatic carbocycles. The smallest absolute Gasteiger partial charge is 0.421 e. The van der Waals surface area contributed by atoms with E-state index in [1.807, 2.05) is 54.2 Å². The molecule has 0 saturated heterocycles. The van der Waals surface area contributed by atoms with Crippen molar-refractivity contribution in [1.29, 1.82) is 0 Å². The summed E-state index contributed by atoms with van der Waals surface area (Å²) >= 11 is 0. The van der Waals surface area contributed by atoms with Crippen molar-refractivity contribution < 1.29 is 17.9 Å². The normalized spacial score (nSPS) is 11.4. The molecule has 0 unspecified atom stereocenters. The highest BCUT2D eigenvalue weighted by molar-refractivity contribution is 7.90. The van der Waals surface area contributed by atoms with E-state index >= 15 is 0 Å². The van der Waals surface area contributed by atoms with Gasteiger partial charge in [0.1, 0.15) is 5.82 Å². The quantitative estimate of drug-likeness (QED) is 0.274. The van der Waals surface area contributed by atoms with Gasteiger partial charge in [0.15, 0.2) is 0 Å². The minimum absolute atomic E-state index is 0.00686. The summed E-state index contributed by atoms with van der Waals surface area (Å²) in [5.74, 6) is 0.955. The summed E-state index contributed by atoms with van der Waals surface area (Å²) in [5.41, 5.74) is 6.89. The van der Waals surface area contributed by atoms with E-state index in [1.165, 1.54) is 12.1 Å². The number of carbonyl (C=O) groups is 1. The van der Waals surface area contributed by atoms with Gasteiger partial charge in [0.25, 0.3) is 10.0 Å². The number of hydrogen-bond donors (Lipinski definition) is 1. The minimum atomic E-state index is -3.98. The highest BCUT2D eigenvalue weighted by atomic mass is 32.2. The van der Waals surface area contributed by atoms with Crippen LogP contribution in [0.3, 0.4) is 0 Å². The maximum atomic E-state index is 12.4. The van der Waals surface area contributed by atoms with Crippen LogP contribution in [0.15, 0.2) is 96.2 Å². The number of benzene rings is 3. The van der Waals surface area contributed by atoms with Crippen molar-refractivity contribution in [3.8, 4) is 16.8 Å². The Labute approximate surface area is 227 Å². The van der Waals surface area contributed by atoms with Gasteiger partial charge in [-0.3, -0.25) is 9.55 Å². The number of nitrogens with one attached hydrogen (secondary N) is 1. The molecule has 0 atom stereocenters. The SMILES string of the molecule is CCc1nc2cc(-c3cccnc3)ccc2n1-c1ccc(CCOC(=O)NS(=O)(=O)c2ccc(C)cc2)cc1. The maximum Gasteiger partial charge on any atom is 0.421 e. The van der Waals surface area contributed by atoms with Crippen LogP contribution in [-0.4, -0.2) is 35.7 Å². The summed E-state index contributed by atoms with van der Waals surface area (Å²) in [6.07, 6.45) is 3.81. The molecule has 0 aliphatic carbocycles. The maximum absolute atomic E-state index is 12.4. The molecule has 0 aliphatic rings. The lowest BCUT2D eigenvalue weighted by molar-refractivity contribution is 0.154. The second-order valence-corrected chi connectivity index (χ2v) is 10.8. The molecule has 0 saturated carbocycles. The molecule has 0 aliphatic heterocycles. The lowest BCUT2D eigenvalue weighted by Gasteiger charge is -2.11. The number of amides is 1. The number of hydrogen-bond acceptors (Lipinski definition) is 6. The predicted molar refractivity (Wildman–Crippen MR) is 150 cm³/mol. The molecule has 39 heavy (non-hydrogen) atoms. The van der Waals surface area contributed by atoms with Crippen molar-refractivity contribution in [3.05, 3.63) is 108 Å². The van der Waals surface area contributed by atoms with Gasteiger partial charge in [0.2, 0.25) is 0 Å². The Bertz CT molecular complexity index is 1710. The van der Waals surface area contributed by atoms with Gasteiger partial charge in [0.05, 0.1) is 22.5 Å². The van der Waals surface area contributed by atoms with Gasteiger partial charge in [-0.2, -0.15) is 0 Å². The Morgan fingerprint density at radius 2 is 1.74 bits per heavy atom. The molecule has 2 heterocycles. The van der Waals surface area contributed by atoms with Crippen molar-refractivity contribution in [3.63, 3.8) is 0 Å². The summed E-state index contributed by atoms with van der Waals surface area (Å²) in [4.78, 5) is 21.2. The van der Waals surface area contributed by atoms with Crippen LogP contribution in [0.1, 0.15) is 23.9 Å². The average molecular weight is 541 g/mol. The molecule has 2 aromatic heterocycles. The molecule has 5 aromatic rings. The highest BCUT2D eigenvalue weighted by Crippen LogP contribution is 2.27. The van der Waals surface area contributed by atoms with Crippen LogP contribution < -0.4 is 4.72 Å². The van der Waals surface area contributed by atoms with Crippen molar-refractivity contribution >= 4 is 27.1 Å². The van der Waals surface area contributed by atoms with E-state index < -0.39 is 16.1 Å². The molecule has 5 rings (SSSR count). The Hall–Kier alpha value is -4.50. The number of aryl methyl sites for hydroxylation is 2. The fourth-order valence-corrected chi connectivity index (χ4v) is 5.25.